The number of anilines is 1. The van der Waals surface area contributed by atoms with Crippen LogP contribution in [0, 0.1) is 5.82 Å². The molecule has 1 fully saturated rings. The molecule has 9 heteroatoms. The van der Waals surface area contributed by atoms with Crippen LogP contribution in [0.3, 0.4) is 0 Å². The molecule has 0 saturated carbocycles. The number of nitrogens with one attached hydrogen (secondary N) is 1. The van der Waals surface area contributed by atoms with E-state index in [1.165, 1.54) is 35.0 Å². The highest BCUT2D eigenvalue weighted by Crippen LogP contribution is 2.20. The predicted molar refractivity (Wildman–Crippen MR) is 114 cm³/mol. The molecule has 1 aromatic carbocycles. The zero-order valence-corrected chi connectivity index (χ0v) is 17.5. The standard InChI is InChI=1S/C20H22FN5OS2/c21-16-5-3-15(4-6-16)14-18-23-20(29-24-18)26-11-9-25(10-12-26)8-7-22-19(27)17-2-1-13-28-17/h1-6,13H,7-12,14H2,(H,22,27). The van der Waals surface area contributed by atoms with Crippen LogP contribution >= 0.6 is 22.9 Å². The Morgan fingerprint density at radius 3 is 2.66 bits per heavy atom. The normalized spacial score (nSPS) is 14.9. The van der Waals surface area contributed by atoms with Crippen molar-refractivity contribution in [2.45, 2.75) is 6.42 Å². The molecule has 6 nitrogen and oxygen atoms in total. The van der Waals surface area contributed by atoms with Gasteiger partial charge in [-0.1, -0.05) is 18.2 Å². The molecule has 0 bridgehead atoms. The molecule has 0 spiro atoms. The first-order valence-electron chi connectivity index (χ1n) is 9.53. The number of amides is 1. The Morgan fingerprint density at radius 2 is 1.93 bits per heavy atom. The highest BCUT2D eigenvalue weighted by atomic mass is 32.1. The molecule has 1 N–H and O–H groups in total. The zero-order chi connectivity index (χ0) is 20.1. The molecule has 152 valence electrons. The van der Waals surface area contributed by atoms with Crippen molar-refractivity contribution in [3.63, 3.8) is 0 Å². The number of piperazine rings is 1. The molecule has 0 aliphatic carbocycles. The first kappa shape index (κ1) is 19.9. The summed E-state index contributed by atoms with van der Waals surface area (Å²) in [5.74, 6) is 0.543. The van der Waals surface area contributed by atoms with E-state index in [1.54, 1.807) is 12.1 Å². The molecule has 0 atom stereocenters. The highest BCUT2D eigenvalue weighted by molar-refractivity contribution is 7.12. The number of nitrogens with zero attached hydrogens (tertiary/aromatic N) is 4. The summed E-state index contributed by atoms with van der Waals surface area (Å²) in [4.78, 5) is 22.0. The van der Waals surface area contributed by atoms with Crippen LogP contribution in [-0.4, -0.2) is 59.4 Å². The number of rotatable bonds is 7. The lowest BCUT2D eigenvalue weighted by atomic mass is 10.1. The van der Waals surface area contributed by atoms with Gasteiger partial charge in [0.05, 0.1) is 4.88 Å². The summed E-state index contributed by atoms with van der Waals surface area (Å²) >= 11 is 2.87. The summed E-state index contributed by atoms with van der Waals surface area (Å²) in [6.45, 7) is 5.14. The van der Waals surface area contributed by atoms with Crippen LogP contribution in [0.2, 0.25) is 0 Å². The van der Waals surface area contributed by atoms with Crippen LogP contribution in [0.5, 0.6) is 0 Å². The maximum atomic E-state index is 13.0. The van der Waals surface area contributed by atoms with E-state index in [1.807, 2.05) is 17.5 Å². The average molecular weight is 432 g/mol. The molecule has 1 amide bonds. The van der Waals surface area contributed by atoms with Crippen molar-refractivity contribution in [2.75, 3.05) is 44.2 Å². The summed E-state index contributed by atoms with van der Waals surface area (Å²) in [6.07, 6.45) is 0.612. The number of hydrogen-bond donors (Lipinski definition) is 1. The van der Waals surface area contributed by atoms with Gasteiger partial charge in [0.2, 0.25) is 5.13 Å². The number of thiophene rings is 1. The predicted octanol–water partition coefficient (Wildman–Crippen LogP) is 2.88. The third-order valence-corrected chi connectivity index (χ3v) is 6.52. The van der Waals surface area contributed by atoms with Gasteiger partial charge < -0.3 is 10.2 Å². The van der Waals surface area contributed by atoms with Gasteiger partial charge >= 0.3 is 0 Å². The molecule has 1 aliphatic rings. The monoisotopic (exact) mass is 431 g/mol. The topological polar surface area (TPSA) is 61.4 Å². The van der Waals surface area contributed by atoms with Crippen LogP contribution in [0.1, 0.15) is 21.1 Å². The summed E-state index contributed by atoms with van der Waals surface area (Å²) in [7, 11) is 0. The molecule has 3 heterocycles. The van der Waals surface area contributed by atoms with Crippen molar-refractivity contribution in [3.8, 4) is 0 Å². The van der Waals surface area contributed by atoms with Gasteiger partial charge in [-0.05, 0) is 29.1 Å². The van der Waals surface area contributed by atoms with Crippen LogP contribution in [0.15, 0.2) is 41.8 Å². The van der Waals surface area contributed by atoms with E-state index in [4.69, 9.17) is 0 Å². The number of carbonyl (C=O) groups is 1. The van der Waals surface area contributed by atoms with Gasteiger partial charge in [0.15, 0.2) is 0 Å². The van der Waals surface area contributed by atoms with Crippen molar-refractivity contribution in [2.24, 2.45) is 0 Å². The Morgan fingerprint density at radius 1 is 1.14 bits per heavy atom. The average Bonchev–Trinajstić information content (AvgIpc) is 3.43. The minimum absolute atomic E-state index is 0.00109. The maximum absolute atomic E-state index is 13.0. The second-order valence-electron chi connectivity index (χ2n) is 6.86. The molecule has 2 aromatic heterocycles. The number of hydrogen-bond acceptors (Lipinski definition) is 7. The second kappa shape index (κ2) is 9.43. The summed E-state index contributed by atoms with van der Waals surface area (Å²) in [5.41, 5.74) is 1.00. The van der Waals surface area contributed by atoms with E-state index < -0.39 is 0 Å². The van der Waals surface area contributed by atoms with Crippen LogP contribution in [0.4, 0.5) is 9.52 Å². The zero-order valence-electron chi connectivity index (χ0n) is 15.9. The Hall–Kier alpha value is -2.36. The van der Waals surface area contributed by atoms with E-state index >= 15 is 0 Å². The highest BCUT2D eigenvalue weighted by Gasteiger charge is 2.20. The molecule has 3 aromatic rings. The maximum Gasteiger partial charge on any atom is 0.261 e. The molecule has 4 rings (SSSR count). The van der Waals surface area contributed by atoms with Crippen molar-refractivity contribution >= 4 is 33.9 Å². The number of carbonyl (C=O) groups excluding carboxylic acids is 1. The SMILES string of the molecule is O=C(NCCN1CCN(c2nc(Cc3ccc(F)cc3)ns2)CC1)c1cccs1. The van der Waals surface area contributed by atoms with Crippen molar-refractivity contribution < 1.29 is 9.18 Å². The number of aromatic nitrogens is 2. The van der Waals surface area contributed by atoms with Crippen LogP contribution in [0.25, 0.3) is 0 Å². The smallest absolute Gasteiger partial charge is 0.261 e. The molecule has 29 heavy (non-hydrogen) atoms. The Kier molecular flexibility index (Phi) is 6.48. The molecular formula is C20H22FN5OS2. The van der Waals surface area contributed by atoms with Gasteiger partial charge in [0.25, 0.3) is 5.91 Å². The fourth-order valence-electron chi connectivity index (χ4n) is 3.22. The minimum atomic E-state index is -0.232. The molecular weight excluding hydrogens is 409 g/mol. The largest absolute Gasteiger partial charge is 0.350 e. The van der Waals surface area contributed by atoms with Crippen LogP contribution < -0.4 is 10.2 Å². The van der Waals surface area contributed by atoms with Crippen molar-refractivity contribution in [1.29, 1.82) is 0 Å². The summed E-state index contributed by atoms with van der Waals surface area (Å²) in [6, 6.07) is 10.2. The fraction of sp³-hybridized carbons (Fsp3) is 0.350. The molecule has 1 saturated heterocycles. The van der Waals surface area contributed by atoms with E-state index in [0.717, 1.165) is 54.1 Å². The van der Waals surface area contributed by atoms with Gasteiger partial charge in [-0.2, -0.15) is 4.37 Å². The van der Waals surface area contributed by atoms with Gasteiger partial charge in [-0.3, -0.25) is 9.69 Å². The van der Waals surface area contributed by atoms with E-state index in [9.17, 15) is 9.18 Å². The molecule has 0 unspecified atom stereocenters. The van der Waals surface area contributed by atoms with Gasteiger partial charge in [-0.15, -0.1) is 11.3 Å². The van der Waals surface area contributed by atoms with E-state index in [-0.39, 0.29) is 11.7 Å². The Bertz CT molecular complexity index is 921. The lowest BCUT2D eigenvalue weighted by Gasteiger charge is -2.34. The van der Waals surface area contributed by atoms with Crippen LogP contribution in [-0.2, 0) is 6.42 Å². The minimum Gasteiger partial charge on any atom is -0.350 e. The van der Waals surface area contributed by atoms with Crippen molar-refractivity contribution in [1.82, 2.24) is 19.6 Å². The molecule has 1 aliphatic heterocycles. The fourth-order valence-corrected chi connectivity index (χ4v) is 4.59. The third kappa shape index (κ3) is 5.37. The third-order valence-electron chi connectivity index (χ3n) is 4.83. The lowest BCUT2D eigenvalue weighted by molar-refractivity contribution is 0.0952. The first-order valence-corrected chi connectivity index (χ1v) is 11.2. The lowest BCUT2D eigenvalue weighted by Crippen LogP contribution is -2.48. The van der Waals surface area contributed by atoms with E-state index in [0.29, 0.717) is 13.0 Å². The second-order valence-corrected chi connectivity index (χ2v) is 8.54. The quantitative estimate of drug-likeness (QED) is 0.623. The van der Waals surface area contributed by atoms with Gasteiger partial charge in [0, 0.05) is 57.2 Å². The number of halogens is 1. The summed E-state index contributed by atoms with van der Waals surface area (Å²) in [5, 5.41) is 5.82. The Balaban J connectivity index is 1.21. The van der Waals surface area contributed by atoms with Gasteiger partial charge in [-0.25, -0.2) is 9.37 Å². The summed E-state index contributed by atoms with van der Waals surface area (Å²) < 4.78 is 17.5. The van der Waals surface area contributed by atoms with Gasteiger partial charge in [0.1, 0.15) is 11.6 Å². The Labute approximate surface area is 177 Å². The molecule has 0 radical (unpaired) electrons. The van der Waals surface area contributed by atoms with E-state index in [2.05, 4.69) is 24.5 Å². The number of benzene rings is 1. The first-order chi connectivity index (χ1) is 14.2. The van der Waals surface area contributed by atoms with Crippen molar-refractivity contribution in [3.05, 3.63) is 63.9 Å².